The van der Waals surface area contributed by atoms with E-state index in [1.807, 2.05) is 55.9 Å². The number of carbonyl (C=O) groups excluding carboxylic acids is 1. The Balaban J connectivity index is 1.97. The lowest BCUT2D eigenvalue weighted by Gasteiger charge is -1.99. The second-order valence-electron chi connectivity index (χ2n) is 4.79. The summed E-state index contributed by atoms with van der Waals surface area (Å²) in [6.45, 7) is 3.94. The van der Waals surface area contributed by atoms with E-state index in [-0.39, 0.29) is 5.91 Å². The van der Waals surface area contributed by atoms with Crippen LogP contribution < -0.4 is 5.32 Å². The molecule has 0 radical (unpaired) electrons. The Hall–Kier alpha value is -2.14. The number of rotatable bonds is 2. The smallest absolute Gasteiger partial charge is 0.259 e. The Morgan fingerprint density at radius 3 is 2.75 bits per heavy atom. The highest BCUT2D eigenvalue weighted by atomic mass is 32.1. The Morgan fingerprint density at radius 1 is 1.30 bits per heavy atom. The number of fused-ring (bicyclic) bond motifs is 1. The van der Waals surface area contributed by atoms with Crippen molar-refractivity contribution in [2.75, 3.05) is 5.32 Å². The van der Waals surface area contributed by atoms with Crippen molar-refractivity contribution in [3.63, 3.8) is 0 Å². The van der Waals surface area contributed by atoms with Crippen LogP contribution in [0.3, 0.4) is 0 Å². The fourth-order valence-electron chi connectivity index (χ4n) is 2.21. The third-order valence-electron chi connectivity index (χ3n) is 3.39. The number of benzene rings is 1. The maximum Gasteiger partial charge on any atom is 0.259 e. The molecule has 1 amide bonds. The van der Waals surface area contributed by atoms with Crippen LogP contribution in [0.4, 0.5) is 5.13 Å². The molecule has 3 rings (SSSR count). The van der Waals surface area contributed by atoms with E-state index in [9.17, 15) is 4.79 Å². The Labute approximate surface area is 121 Å². The van der Waals surface area contributed by atoms with E-state index >= 15 is 0 Å². The van der Waals surface area contributed by atoms with Crippen LogP contribution in [0.1, 0.15) is 20.9 Å². The molecule has 0 unspecified atom stereocenters. The van der Waals surface area contributed by atoms with E-state index in [0.717, 1.165) is 21.5 Å². The average Bonchev–Trinajstić information content (AvgIpc) is 2.91. The molecular weight excluding hydrogens is 270 g/mol. The highest BCUT2D eigenvalue weighted by molar-refractivity contribution is 7.15. The summed E-state index contributed by atoms with van der Waals surface area (Å²) in [5, 5.41) is 4.49. The summed E-state index contributed by atoms with van der Waals surface area (Å²) in [7, 11) is 1.94. The van der Waals surface area contributed by atoms with Crippen LogP contribution in [0.2, 0.25) is 0 Å². The molecule has 0 fully saturated rings. The Morgan fingerprint density at radius 2 is 2.05 bits per heavy atom. The zero-order valence-electron chi connectivity index (χ0n) is 11.6. The minimum Gasteiger partial charge on any atom is -0.350 e. The molecule has 0 aliphatic rings. The van der Waals surface area contributed by atoms with E-state index in [2.05, 4.69) is 10.3 Å². The fraction of sp³-hybridized carbons (Fsp3) is 0.200. The first-order valence-corrected chi connectivity index (χ1v) is 7.17. The van der Waals surface area contributed by atoms with Gasteiger partial charge in [0, 0.05) is 29.0 Å². The molecule has 5 heteroatoms. The van der Waals surface area contributed by atoms with Crippen LogP contribution in [0.15, 0.2) is 30.5 Å². The van der Waals surface area contributed by atoms with Gasteiger partial charge in [0.1, 0.15) is 0 Å². The number of anilines is 1. The monoisotopic (exact) mass is 285 g/mol. The average molecular weight is 285 g/mol. The summed E-state index contributed by atoms with van der Waals surface area (Å²) in [5.74, 6) is -0.115. The number of aromatic nitrogens is 2. The van der Waals surface area contributed by atoms with Gasteiger partial charge in [-0.25, -0.2) is 4.98 Å². The van der Waals surface area contributed by atoms with Crippen LogP contribution in [0.25, 0.3) is 10.9 Å². The number of nitrogens with one attached hydrogen (secondary N) is 1. The summed E-state index contributed by atoms with van der Waals surface area (Å²) in [4.78, 5) is 17.9. The number of para-hydroxylation sites is 1. The molecule has 2 heterocycles. The number of carbonyl (C=O) groups is 1. The molecule has 1 aromatic carbocycles. The summed E-state index contributed by atoms with van der Waals surface area (Å²) in [6, 6.07) is 7.88. The van der Waals surface area contributed by atoms with Crippen molar-refractivity contribution < 1.29 is 4.79 Å². The summed E-state index contributed by atoms with van der Waals surface area (Å²) in [6.07, 6.45) is 1.85. The second-order valence-corrected chi connectivity index (χ2v) is 5.99. The minimum atomic E-state index is -0.115. The van der Waals surface area contributed by atoms with Crippen LogP contribution in [0.5, 0.6) is 0 Å². The van der Waals surface area contributed by atoms with Gasteiger partial charge < -0.3 is 4.57 Å². The van der Waals surface area contributed by atoms with Gasteiger partial charge >= 0.3 is 0 Å². The first-order chi connectivity index (χ1) is 9.56. The van der Waals surface area contributed by atoms with Crippen molar-refractivity contribution in [1.29, 1.82) is 0 Å². The van der Waals surface area contributed by atoms with Crippen LogP contribution in [0, 0.1) is 13.8 Å². The molecular formula is C15H15N3OS. The maximum atomic E-state index is 12.4. The van der Waals surface area contributed by atoms with Gasteiger partial charge in [-0.3, -0.25) is 10.1 Å². The molecule has 0 saturated carbocycles. The van der Waals surface area contributed by atoms with Gasteiger partial charge in [-0.15, -0.1) is 11.3 Å². The largest absolute Gasteiger partial charge is 0.350 e. The minimum absolute atomic E-state index is 0.115. The first kappa shape index (κ1) is 12.9. The maximum absolute atomic E-state index is 12.4. The van der Waals surface area contributed by atoms with Gasteiger partial charge in [0.2, 0.25) is 0 Å². The summed E-state index contributed by atoms with van der Waals surface area (Å²) in [5.41, 5.74) is 2.68. The molecule has 102 valence electrons. The third kappa shape index (κ3) is 2.10. The van der Waals surface area contributed by atoms with Gasteiger partial charge in [0.05, 0.1) is 11.3 Å². The van der Waals surface area contributed by atoms with Crippen molar-refractivity contribution in [2.45, 2.75) is 13.8 Å². The van der Waals surface area contributed by atoms with Crippen molar-refractivity contribution in [1.82, 2.24) is 9.55 Å². The molecule has 0 bridgehead atoms. The van der Waals surface area contributed by atoms with Crippen LogP contribution >= 0.6 is 11.3 Å². The predicted octanol–water partition coefficient (Wildman–Crippen LogP) is 3.50. The van der Waals surface area contributed by atoms with Crippen LogP contribution in [-0.2, 0) is 7.05 Å². The zero-order valence-corrected chi connectivity index (χ0v) is 12.4. The number of hydrogen-bond donors (Lipinski definition) is 1. The molecule has 3 aromatic rings. The molecule has 20 heavy (non-hydrogen) atoms. The van der Waals surface area contributed by atoms with Gasteiger partial charge in [-0.1, -0.05) is 18.2 Å². The number of aryl methyl sites for hydroxylation is 3. The standard InChI is InChI=1S/C15H15N3OS/c1-9-10(2)20-15(16-9)17-14(19)12-8-18(3)13-7-5-4-6-11(12)13/h4-8H,1-3H3,(H,16,17,19). The summed E-state index contributed by atoms with van der Waals surface area (Å²) < 4.78 is 1.96. The normalized spacial score (nSPS) is 10.9. The lowest BCUT2D eigenvalue weighted by atomic mass is 10.1. The van der Waals surface area contributed by atoms with E-state index in [0.29, 0.717) is 10.7 Å². The molecule has 1 N–H and O–H groups in total. The topological polar surface area (TPSA) is 46.9 Å². The van der Waals surface area contributed by atoms with Gasteiger partial charge in [0.25, 0.3) is 5.91 Å². The molecule has 0 spiro atoms. The molecule has 4 nitrogen and oxygen atoms in total. The quantitative estimate of drug-likeness (QED) is 0.783. The van der Waals surface area contributed by atoms with E-state index < -0.39 is 0 Å². The third-order valence-corrected chi connectivity index (χ3v) is 4.38. The highest BCUT2D eigenvalue weighted by Gasteiger charge is 2.15. The van der Waals surface area contributed by atoms with Crippen molar-refractivity contribution >= 4 is 33.3 Å². The first-order valence-electron chi connectivity index (χ1n) is 6.35. The molecule has 0 saturated heterocycles. The lowest BCUT2D eigenvalue weighted by molar-refractivity contribution is 0.102. The van der Waals surface area contributed by atoms with E-state index in [1.165, 1.54) is 11.3 Å². The Kier molecular flexibility index (Phi) is 3.06. The van der Waals surface area contributed by atoms with E-state index in [1.54, 1.807) is 0 Å². The Bertz CT molecular complexity index is 781. The van der Waals surface area contributed by atoms with Crippen molar-refractivity contribution in [3.8, 4) is 0 Å². The number of hydrogen-bond acceptors (Lipinski definition) is 3. The lowest BCUT2D eigenvalue weighted by Crippen LogP contribution is -2.11. The van der Waals surface area contributed by atoms with Crippen molar-refractivity contribution in [3.05, 3.63) is 46.6 Å². The van der Waals surface area contributed by atoms with Gasteiger partial charge in [0.15, 0.2) is 5.13 Å². The second kappa shape index (κ2) is 4.76. The molecule has 0 aliphatic heterocycles. The van der Waals surface area contributed by atoms with Crippen LogP contribution in [-0.4, -0.2) is 15.5 Å². The SMILES string of the molecule is Cc1nc(NC(=O)c2cn(C)c3ccccc23)sc1C. The summed E-state index contributed by atoms with van der Waals surface area (Å²) >= 11 is 1.50. The molecule has 0 atom stereocenters. The fourth-order valence-corrected chi connectivity index (χ4v) is 3.02. The predicted molar refractivity (Wildman–Crippen MR) is 82.5 cm³/mol. The number of thiazole rings is 1. The highest BCUT2D eigenvalue weighted by Crippen LogP contribution is 2.24. The molecule has 0 aliphatic carbocycles. The zero-order chi connectivity index (χ0) is 14.3. The molecule has 2 aromatic heterocycles. The van der Waals surface area contributed by atoms with E-state index in [4.69, 9.17) is 0 Å². The number of nitrogens with zero attached hydrogens (tertiary/aromatic N) is 2. The van der Waals surface area contributed by atoms with Gasteiger partial charge in [-0.2, -0.15) is 0 Å². The van der Waals surface area contributed by atoms with Crippen molar-refractivity contribution in [2.24, 2.45) is 7.05 Å². The van der Waals surface area contributed by atoms with Gasteiger partial charge in [-0.05, 0) is 19.9 Å². The number of amides is 1.